The van der Waals surface area contributed by atoms with E-state index in [1.54, 1.807) is 7.11 Å². The number of aromatic nitrogens is 2. The molecule has 2 heterocycles. The summed E-state index contributed by atoms with van der Waals surface area (Å²) in [7, 11) is 1.70. The molecule has 1 aliphatic rings. The second-order valence-electron chi connectivity index (χ2n) is 6.16. The number of fused-ring (bicyclic) bond motifs is 1. The fourth-order valence-electron chi connectivity index (χ4n) is 3.35. The maximum Gasteiger partial charge on any atom is 0.129 e. The monoisotopic (exact) mass is 287 g/mol. The first kappa shape index (κ1) is 14.4. The third-order valence-electron chi connectivity index (χ3n) is 4.51. The minimum atomic E-state index is -0.0142. The maximum absolute atomic E-state index is 5.34. The Labute approximate surface area is 126 Å². The van der Waals surface area contributed by atoms with Gasteiger partial charge in [-0.25, -0.2) is 4.98 Å². The van der Waals surface area contributed by atoms with Crippen LogP contribution >= 0.6 is 0 Å². The molecule has 1 aromatic carbocycles. The van der Waals surface area contributed by atoms with Gasteiger partial charge in [0, 0.05) is 12.6 Å². The summed E-state index contributed by atoms with van der Waals surface area (Å²) >= 11 is 0. The van der Waals surface area contributed by atoms with E-state index in [2.05, 4.69) is 29.8 Å². The highest BCUT2D eigenvalue weighted by atomic mass is 16.5. The van der Waals surface area contributed by atoms with Crippen molar-refractivity contribution in [2.45, 2.75) is 51.6 Å². The van der Waals surface area contributed by atoms with E-state index >= 15 is 0 Å². The number of hydrogen-bond acceptors (Lipinski definition) is 3. The minimum Gasteiger partial charge on any atom is -0.497 e. The number of nitrogens with zero attached hydrogens (tertiary/aromatic N) is 2. The van der Waals surface area contributed by atoms with Gasteiger partial charge in [0.25, 0.3) is 0 Å². The molecule has 114 valence electrons. The van der Waals surface area contributed by atoms with Crippen LogP contribution in [-0.2, 0) is 12.1 Å². The van der Waals surface area contributed by atoms with Crippen molar-refractivity contribution in [3.8, 4) is 5.75 Å². The van der Waals surface area contributed by atoms with Gasteiger partial charge in [-0.3, -0.25) is 0 Å². The molecule has 1 saturated heterocycles. The lowest BCUT2D eigenvalue weighted by Gasteiger charge is -2.34. The zero-order chi connectivity index (χ0) is 14.9. The molecule has 4 heteroatoms. The number of ether oxygens (including phenoxy) is 1. The van der Waals surface area contributed by atoms with Gasteiger partial charge in [0.1, 0.15) is 11.6 Å². The van der Waals surface area contributed by atoms with Crippen LogP contribution < -0.4 is 10.1 Å². The Morgan fingerprint density at radius 1 is 1.38 bits per heavy atom. The van der Waals surface area contributed by atoms with Crippen LogP contribution in [0.3, 0.4) is 0 Å². The summed E-state index contributed by atoms with van der Waals surface area (Å²) in [5.41, 5.74) is 2.23. The molecule has 21 heavy (non-hydrogen) atoms. The first-order valence-electron chi connectivity index (χ1n) is 7.98. The number of rotatable bonds is 4. The van der Waals surface area contributed by atoms with E-state index in [4.69, 9.17) is 9.72 Å². The summed E-state index contributed by atoms with van der Waals surface area (Å²) in [5, 5.41) is 3.69. The molecule has 1 aliphatic heterocycles. The fraction of sp³-hybridized carbons (Fsp3) is 0.588. The largest absolute Gasteiger partial charge is 0.497 e. The van der Waals surface area contributed by atoms with Crippen LogP contribution in [0, 0.1) is 0 Å². The van der Waals surface area contributed by atoms with Crippen molar-refractivity contribution in [2.24, 2.45) is 0 Å². The molecular weight excluding hydrogens is 262 g/mol. The summed E-state index contributed by atoms with van der Waals surface area (Å²) in [4.78, 5) is 4.96. The Kier molecular flexibility index (Phi) is 3.89. The van der Waals surface area contributed by atoms with Gasteiger partial charge in [-0.05, 0) is 51.3 Å². The number of nitrogens with one attached hydrogen (secondary N) is 1. The number of imidazole rings is 1. The summed E-state index contributed by atoms with van der Waals surface area (Å²) in [5.74, 6) is 2.05. The highest BCUT2D eigenvalue weighted by Gasteiger charge is 2.33. The van der Waals surface area contributed by atoms with Gasteiger partial charge in [0.05, 0.1) is 23.7 Å². The molecule has 1 N–H and O–H groups in total. The normalized spacial score (nSPS) is 22.6. The highest BCUT2D eigenvalue weighted by molar-refractivity contribution is 5.78. The second kappa shape index (κ2) is 5.68. The lowest BCUT2D eigenvalue weighted by atomic mass is 9.90. The first-order valence-corrected chi connectivity index (χ1v) is 7.98. The number of aryl methyl sites for hydroxylation is 1. The molecule has 0 radical (unpaired) electrons. The molecule has 0 spiro atoms. The molecule has 1 atom stereocenters. The van der Waals surface area contributed by atoms with Crippen molar-refractivity contribution in [1.82, 2.24) is 14.9 Å². The first-order chi connectivity index (χ1) is 10.2. The van der Waals surface area contributed by atoms with Gasteiger partial charge in [0.15, 0.2) is 0 Å². The van der Waals surface area contributed by atoms with Crippen molar-refractivity contribution in [3.05, 3.63) is 24.0 Å². The fourth-order valence-corrected chi connectivity index (χ4v) is 3.35. The summed E-state index contributed by atoms with van der Waals surface area (Å²) in [6, 6.07) is 6.19. The van der Waals surface area contributed by atoms with Crippen LogP contribution in [-0.4, -0.2) is 23.2 Å². The van der Waals surface area contributed by atoms with Gasteiger partial charge in [-0.2, -0.15) is 0 Å². The van der Waals surface area contributed by atoms with E-state index in [1.807, 2.05) is 12.1 Å². The van der Waals surface area contributed by atoms with Crippen LogP contribution in [0.5, 0.6) is 5.75 Å². The van der Waals surface area contributed by atoms with Crippen LogP contribution in [0.2, 0.25) is 0 Å². The third-order valence-corrected chi connectivity index (χ3v) is 4.51. The van der Waals surface area contributed by atoms with Crippen molar-refractivity contribution < 1.29 is 4.74 Å². The van der Waals surface area contributed by atoms with Crippen LogP contribution in [0.25, 0.3) is 11.0 Å². The van der Waals surface area contributed by atoms with Gasteiger partial charge in [0.2, 0.25) is 0 Å². The molecule has 1 unspecified atom stereocenters. The number of piperidine rings is 1. The van der Waals surface area contributed by atoms with Crippen molar-refractivity contribution in [2.75, 3.05) is 13.7 Å². The topological polar surface area (TPSA) is 39.1 Å². The van der Waals surface area contributed by atoms with Gasteiger partial charge >= 0.3 is 0 Å². The Balaban J connectivity index is 2.13. The minimum absolute atomic E-state index is 0.0142. The quantitative estimate of drug-likeness (QED) is 0.936. The zero-order valence-corrected chi connectivity index (χ0v) is 13.3. The number of hydrogen-bond donors (Lipinski definition) is 1. The van der Waals surface area contributed by atoms with Crippen molar-refractivity contribution >= 4 is 11.0 Å². The molecule has 3 rings (SSSR count). The predicted molar refractivity (Wildman–Crippen MR) is 85.8 cm³/mol. The molecule has 0 bridgehead atoms. The second-order valence-corrected chi connectivity index (χ2v) is 6.16. The average Bonchev–Trinajstić information content (AvgIpc) is 2.87. The number of methoxy groups -OCH3 is 1. The summed E-state index contributed by atoms with van der Waals surface area (Å²) in [6.45, 7) is 6.59. The standard InChI is InChI=1S/C17H25N3O/c1-4-11-20-15-8-7-13(21-3)12-14(15)19-16(20)17(2)9-5-6-10-18-17/h7-8,12,18H,4-6,9-11H2,1-3H3. The van der Waals surface area contributed by atoms with Gasteiger partial charge in [-0.1, -0.05) is 6.92 Å². The van der Waals surface area contributed by atoms with Gasteiger partial charge in [-0.15, -0.1) is 0 Å². The van der Waals surface area contributed by atoms with Crippen molar-refractivity contribution in [3.63, 3.8) is 0 Å². The van der Waals surface area contributed by atoms with E-state index in [-0.39, 0.29) is 5.54 Å². The Hall–Kier alpha value is -1.55. The van der Waals surface area contributed by atoms with E-state index in [1.165, 1.54) is 24.2 Å². The number of benzene rings is 1. The molecule has 0 amide bonds. The molecule has 0 saturated carbocycles. The van der Waals surface area contributed by atoms with Crippen molar-refractivity contribution in [1.29, 1.82) is 0 Å². The highest BCUT2D eigenvalue weighted by Crippen LogP contribution is 2.33. The SMILES string of the molecule is CCCn1c(C2(C)CCCCN2)nc2cc(OC)ccc21. The maximum atomic E-state index is 5.34. The van der Waals surface area contributed by atoms with Crippen LogP contribution in [0.1, 0.15) is 45.4 Å². The smallest absolute Gasteiger partial charge is 0.129 e. The van der Waals surface area contributed by atoms with Gasteiger partial charge < -0.3 is 14.6 Å². The Morgan fingerprint density at radius 2 is 2.24 bits per heavy atom. The lowest BCUT2D eigenvalue weighted by Crippen LogP contribution is -2.45. The molecule has 1 fully saturated rings. The van der Waals surface area contributed by atoms with E-state index in [9.17, 15) is 0 Å². The Bertz CT molecular complexity index is 626. The third kappa shape index (κ3) is 2.53. The van der Waals surface area contributed by atoms with E-state index in [0.717, 1.165) is 37.2 Å². The molecule has 2 aromatic rings. The van der Waals surface area contributed by atoms with E-state index in [0.29, 0.717) is 0 Å². The lowest BCUT2D eigenvalue weighted by molar-refractivity contribution is 0.261. The average molecular weight is 287 g/mol. The molecule has 4 nitrogen and oxygen atoms in total. The molecular formula is C17H25N3O. The zero-order valence-electron chi connectivity index (χ0n) is 13.3. The Morgan fingerprint density at radius 3 is 2.90 bits per heavy atom. The molecule has 0 aliphatic carbocycles. The van der Waals surface area contributed by atoms with E-state index < -0.39 is 0 Å². The van der Waals surface area contributed by atoms with Crippen LogP contribution in [0.4, 0.5) is 0 Å². The predicted octanol–water partition coefficient (Wildman–Crippen LogP) is 3.44. The molecule has 1 aromatic heterocycles. The van der Waals surface area contributed by atoms with Crippen LogP contribution in [0.15, 0.2) is 18.2 Å². The summed E-state index contributed by atoms with van der Waals surface area (Å²) in [6.07, 6.45) is 4.79. The summed E-state index contributed by atoms with van der Waals surface area (Å²) < 4.78 is 7.72.